The van der Waals surface area contributed by atoms with Crippen LogP contribution in [0.5, 0.6) is 5.75 Å². The average molecular weight is 359 g/mol. The fourth-order valence-corrected chi connectivity index (χ4v) is 2.31. The third-order valence-electron chi connectivity index (χ3n) is 2.79. The van der Waals surface area contributed by atoms with E-state index in [1.54, 1.807) is 12.1 Å². The summed E-state index contributed by atoms with van der Waals surface area (Å²) in [5.74, 6) is 0.345. The molecule has 0 fully saturated rings. The Morgan fingerprint density at radius 2 is 2.00 bits per heavy atom. The Morgan fingerprint density at radius 3 is 2.70 bits per heavy atom. The quantitative estimate of drug-likeness (QED) is 0.847. The first kappa shape index (κ1) is 15.3. The number of hydrogen-bond donors (Lipinski definition) is 1. The summed E-state index contributed by atoms with van der Waals surface area (Å²) in [7, 11) is 1.88. The van der Waals surface area contributed by atoms with Crippen LogP contribution in [-0.2, 0) is 13.2 Å². The van der Waals surface area contributed by atoms with Crippen molar-refractivity contribution < 1.29 is 9.13 Å². The minimum atomic E-state index is -0.356. The fourth-order valence-electron chi connectivity index (χ4n) is 1.77. The lowest BCUT2D eigenvalue weighted by Crippen LogP contribution is -2.06. The maximum absolute atomic E-state index is 13.6. The van der Waals surface area contributed by atoms with Crippen LogP contribution in [-0.4, -0.2) is 7.05 Å². The summed E-state index contributed by atoms with van der Waals surface area (Å²) in [5.41, 5.74) is 1.56. The van der Waals surface area contributed by atoms with Crippen molar-refractivity contribution in [3.8, 4) is 5.75 Å². The van der Waals surface area contributed by atoms with Gasteiger partial charge in [0, 0.05) is 21.6 Å². The molecule has 2 nitrogen and oxygen atoms in total. The van der Waals surface area contributed by atoms with Gasteiger partial charge in [0.15, 0.2) is 0 Å². The summed E-state index contributed by atoms with van der Waals surface area (Å²) in [5, 5.41) is 3.46. The maximum atomic E-state index is 13.6. The molecule has 0 aromatic heterocycles. The van der Waals surface area contributed by atoms with Gasteiger partial charge in [-0.25, -0.2) is 4.39 Å². The van der Waals surface area contributed by atoms with Crippen molar-refractivity contribution in [2.75, 3.05) is 7.05 Å². The Bertz CT molecular complexity index is 606. The van der Waals surface area contributed by atoms with E-state index in [1.807, 2.05) is 25.2 Å². The lowest BCUT2D eigenvalue weighted by atomic mass is 10.2. The van der Waals surface area contributed by atoms with E-state index in [0.29, 0.717) is 16.3 Å². The highest BCUT2D eigenvalue weighted by Crippen LogP contribution is 2.24. The molecule has 1 N–H and O–H groups in total. The van der Waals surface area contributed by atoms with Crippen molar-refractivity contribution in [1.82, 2.24) is 5.32 Å². The zero-order valence-electron chi connectivity index (χ0n) is 10.9. The average Bonchev–Trinajstić information content (AvgIpc) is 2.41. The van der Waals surface area contributed by atoms with Crippen LogP contribution >= 0.6 is 27.5 Å². The van der Waals surface area contributed by atoms with Gasteiger partial charge in [0.2, 0.25) is 0 Å². The van der Waals surface area contributed by atoms with Gasteiger partial charge in [-0.1, -0.05) is 33.6 Å². The molecule has 0 heterocycles. The van der Waals surface area contributed by atoms with E-state index < -0.39 is 0 Å². The lowest BCUT2D eigenvalue weighted by Gasteiger charge is -2.10. The molecule has 0 saturated heterocycles. The summed E-state index contributed by atoms with van der Waals surface area (Å²) in [6, 6.07) is 10.3. The van der Waals surface area contributed by atoms with Crippen LogP contribution in [0.3, 0.4) is 0 Å². The molecule has 0 aliphatic heterocycles. The van der Waals surface area contributed by atoms with E-state index in [4.69, 9.17) is 16.3 Å². The van der Waals surface area contributed by atoms with Gasteiger partial charge in [-0.3, -0.25) is 0 Å². The Morgan fingerprint density at radius 1 is 1.20 bits per heavy atom. The van der Waals surface area contributed by atoms with Crippen molar-refractivity contribution in [2.24, 2.45) is 0 Å². The zero-order valence-corrected chi connectivity index (χ0v) is 13.3. The zero-order chi connectivity index (χ0) is 14.5. The predicted molar refractivity (Wildman–Crippen MR) is 82.6 cm³/mol. The van der Waals surface area contributed by atoms with Gasteiger partial charge >= 0.3 is 0 Å². The van der Waals surface area contributed by atoms with Crippen molar-refractivity contribution in [1.29, 1.82) is 0 Å². The largest absolute Gasteiger partial charge is 0.489 e. The molecule has 0 saturated carbocycles. The second-order valence-electron chi connectivity index (χ2n) is 4.31. The molecule has 0 aliphatic carbocycles. The smallest absolute Gasteiger partial charge is 0.131 e. The molecule has 0 bridgehead atoms. The maximum Gasteiger partial charge on any atom is 0.131 e. The third kappa shape index (κ3) is 3.95. The third-order valence-corrected chi connectivity index (χ3v) is 3.80. The van der Waals surface area contributed by atoms with Crippen LogP contribution in [0.1, 0.15) is 11.1 Å². The number of ether oxygens (including phenoxy) is 1. The highest BCUT2D eigenvalue weighted by Gasteiger charge is 2.06. The molecule has 0 amide bonds. The van der Waals surface area contributed by atoms with Gasteiger partial charge in [-0.2, -0.15) is 0 Å². The van der Waals surface area contributed by atoms with Gasteiger partial charge in [-0.15, -0.1) is 0 Å². The minimum Gasteiger partial charge on any atom is -0.489 e. The number of halogens is 3. The Balaban J connectivity index is 2.08. The predicted octanol–water partition coefficient (Wildman–Crippen LogP) is 4.54. The minimum absolute atomic E-state index is 0.170. The highest BCUT2D eigenvalue weighted by atomic mass is 79.9. The van der Waals surface area contributed by atoms with E-state index in [1.165, 1.54) is 6.07 Å². The first-order chi connectivity index (χ1) is 9.60. The summed E-state index contributed by atoms with van der Waals surface area (Å²) >= 11 is 9.19. The molecule has 0 aliphatic rings. The summed E-state index contributed by atoms with van der Waals surface area (Å²) in [4.78, 5) is 0. The van der Waals surface area contributed by atoms with E-state index in [9.17, 15) is 4.39 Å². The summed E-state index contributed by atoms with van der Waals surface area (Å²) < 4.78 is 20.3. The Hall–Kier alpha value is -1.10. The topological polar surface area (TPSA) is 21.3 Å². The molecule has 5 heteroatoms. The van der Waals surface area contributed by atoms with E-state index in [-0.39, 0.29) is 12.4 Å². The Labute approximate surface area is 131 Å². The number of nitrogens with one attached hydrogen (secondary N) is 1. The number of hydrogen-bond acceptors (Lipinski definition) is 2. The van der Waals surface area contributed by atoms with Gasteiger partial charge < -0.3 is 10.1 Å². The molecule has 2 aromatic rings. The normalized spacial score (nSPS) is 10.6. The molecule has 2 aromatic carbocycles. The van der Waals surface area contributed by atoms with E-state index in [0.717, 1.165) is 16.6 Å². The first-order valence-corrected chi connectivity index (χ1v) is 7.27. The van der Waals surface area contributed by atoms with Crippen molar-refractivity contribution >= 4 is 27.5 Å². The second kappa shape index (κ2) is 7.07. The van der Waals surface area contributed by atoms with Crippen LogP contribution in [0.2, 0.25) is 5.02 Å². The standard InChI is InChI=1S/C15H14BrClFNO/c1-19-8-11-6-13(4-5-14(11)16)20-9-10-2-3-12(17)7-15(10)18/h2-7,19H,8-9H2,1H3. The fraction of sp³-hybridized carbons (Fsp3) is 0.200. The van der Waals surface area contributed by atoms with Crippen molar-refractivity contribution in [3.63, 3.8) is 0 Å². The molecular formula is C15H14BrClFNO. The molecule has 20 heavy (non-hydrogen) atoms. The molecule has 106 valence electrons. The number of rotatable bonds is 5. The van der Waals surface area contributed by atoms with Crippen LogP contribution in [0.25, 0.3) is 0 Å². The van der Waals surface area contributed by atoms with Crippen LogP contribution in [0, 0.1) is 5.82 Å². The van der Waals surface area contributed by atoms with Gasteiger partial charge in [0.1, 0.15) is 18.2 Å². The van der Waals surface area contributed by atoms with Crippen LogP contribution < -0.4 is 10.1 Å². The van der Waals surface area contributed by atoms with Gasteiger partial charge in [-0.05, 0) is 42.9 Å². The van der Waals surface area contributed by atoms with E-state index in [2.05, 4.69) is 21.2 Å². The molecule has 0 unspecified atom stereocenters. The van der Waals surface area contributed by atoms with Gasteiger partial charge in [0.05, 0.1) is 0 Å². The molecule has 0 radical (unpaired) electrons. The Kier molecular flexibility index (Phi) is 5.40. The first-order valence-electron chi connectivity index (χ1n) is 6.10. The second-order valence-corrected chi connectivity index (χ2v) is 5.60. The van der Waals surface area contributed by atoms with E-state index >= 15 is 0 Å². The SMILES string of the molecule is CNCc1cc(OCc2ccc(Cl)cc2F)ccc1Br. The highest BCUT2D eigenvalue weighted by molar-refractivity contribution is 9.10. The number of benzene rings is 2. The monoisotopic (exact) mass is 357 g/mol. The van der Waals surface area contributed by atoms with Crippen molar-refractivity contribution in [3.05, 3.63) is 62.8 Å². The molecule has 0 atom stereocenters. The summed E-state index contributed by atoms with van der Waals surface area (Å²) in [6.07, 6.45) is 0. The van der Waals surface area contributed by atoms with Crippen LogP contribution in [0.15, 0.2) is 40.9 Å². The van der Waals surface area contributed by atoms with Crippen LogP contribution in [0.4, 0.5) is 4.39 Å². The molecule has 0 spiro atoms. The van der Waals surface area contributed by atoms with Crippen molar-refractivity contribution in [2.45, 2.75) is 13.2 Å². The molecular weight excluding hydrogens is 345 g/mol. The lowest BCUT2D eigenvalue weighted by molar-refractivity contribution is 0.299. The molecule has 2 rings (SSSR count). The van der Waals surface area contributed by atoms with Gasteiger partial charge in [0.25, 0.3) is 0 Å². The summed E-state index contributed by atoms with van der Waals surface area (Å²) in [6.45, 7) is 0.900.